The number of esters is 1. The predicted octanol–water partition coefficient (Wildman–Crippen LogP) is 4.12. The van der Waals surface area contributed by atoms with Crippen LogP contribution in [0.3, 0.4) is 0 Å². The molecule has 0 bridgehead atoms. The highest BCUT2D eigenvalue weighted by Crippen LogP contribution is 2.21. The summed E-state index contributed by atoms with van der Waals surface area (Å²) in [5.41, 5.74) is 4.55. The zero-order chi connectivity index (χ0) is 16.9. The van der Waals surface area contributed by atoms with Crippen molar-refractivity contribution in [2.45, 2.75) is 25.8 Å². The number of aryl methyl sites for hydroxylation is 1. The minimum Gasteiger partial charge on any atom is -0.465 e. The first-order valence-corrected chi connectivity index (χ1v) is 8.70. The number of rotatable bonds is 5. The molecule has 3 rings (SSSR count). The number of carbonyl (C=O) groups excluding carboxylic acids is 1. The first-order valence-electron chi connectivity index (χ1n) is 8.32. The van der Waals surface area contributed by atoms with Crippen molar-refractivity contribution in [1.82, 2.24) is 4.90 Å². The molecule has 3 nitrogen and oxygen atoms in total. The largest absolute Gasteiger partial charge is 0.465 e. The molecule has 4 heteroatoms. The van der Waals surface area contributed by atoms with Gasteiger partial charge in [0.1, 0.15) is 0 Å². The van der Waals surface area contributed by atoms with E-state index in [0.717, 1.165) is 43.9 Å². The lowest BCUT2D eigenvalue weighted by Gasteiger charge is -2.29. The van der Waals surface area contributed by atoms with Crippen molar-refractivity contribution < 1.29 is 9.53 Å². The molecule has 0 unspecified atom stereocenters. The Kier molecular flexibility index (Phi) is 5.54. The third-order valence-corrected chi connectivity index (χ3v) is 4.82. The monoisotopic (exact) mass is 343 g/mol. The van der Waals surface area contributed by atoms with Crippen molar-refractivity contribution in [2.24, 2.45) is 0 Å². The maximum absolute atomic E-state index is 11.7. The van der Waals surface area contributed by atoms with E-state index in [1.165, 1.54) is 23.8 Å². The summed E-state index contributed by atoms with van der Waals surface area (Å²) in [6.07, 6.45) is 3.22. The number of hydrogen-bond acceptors (Lipinski definition) is 3. The molecule has 1 aliphatic heterocycles. The molecule has 0 amide bonds. The fourth-order valence-corrected chi connectivity index (χ4v) is 3.34. The number of ether oxygens (including phenoxy) is 1. The summed E-state index contributed by atoms with van der Waals surface area (Å²) >= 11 is 5.92. The normalized spacial score (nSPS) is 14.2. The van der Waals surface area contributed by atoms with Crippen LogP contribution in [0.4, 0.5) is 0 Å². The molecule has 0 fully saturated rings. The Morgan fingerprint density at radius 3 is 2.71 bits per heavy atom. The van der Waals surface area contributed by atoms with Gasteiger partial charge in [0, 0.05) is 18.1 Å². The average molecular weight is 344 g/mol. The van der Waals surface area contributed by atoms with Crippen molar-refractivity contribution in [2.75, 3.05) is 20.2 Å². The van der Waals surface area contributed by atoms with Crippen LogP contribution in [0.1, 0.15) is 33.5 Å². The molecule has 1 heterocycles. The Balaban J connectivity index is 1.56. The van der Waals surface area contributed by atoms with Crippen molar-refractivity contribution in [3.63, 3.8) is 0 Å². The van der Waals surface area contributed by atoms with Gasteiger partial charge in [-0.1, -0.05) is 29.8 Å². The van der Waals surface area contributed by atoms with E-state index in [2.05, 4.69) is 23.1 Å². The third-order valence-electron chi connectivity index (χ3n) is 4.57. The highest BCUT2D eigenvalue weighted by molar-refractivity contribution is 6.30. The number of halogens is 1. The fraction of sp³-hybridized carbons (Fsp3) is 0.350. The molecule has 2 aromatic rings. The number of nitrogens with zero attached hydrogens (tertiary/aromatic N) is 1. The highest BCUT2D eigenvalue weighted by atomic mass is 35.5. The van der Waals surface area contributed by atoms with E-state index < -0.39 is 0 Å². The van der Waals surface area contributed by atoms with E-state index in [1.54, 1.807) is 0 Å². The molecule has 0 aromatic heterocycles. The standard InChI is InChI=1S/C20H22ClNO2/c1-24-20(23)17-7-6-16-10-12-22(14-18(16)13-17)11-2-3-15-4-8-19(21)9-5-15/h4-9,13H,2-3,10-12,14H2,1H3. The Bertz CT molecular complexity index is 712. The second-order valence-electron chi connectivity index (χ2n) is 6.23. The van der Waals surface area contributed by atoms with Crippen LogP contribution in [0.15, 0.2) is 42.5 Å². The molecule has 0 atom stereocenters. The zero-order valence-corrected chi connectivity index (χ0v) is 14.7. The van der Waals surface area contributed by atoms with E-state index in [0.29, 0.717) is 5.56 Å². The Morgan fingerprint density at radius 1 is 1.17 bits per heavy atom. The Labute approximate surface area is 148 Å². The van der Waals surface area contributed by atoms with Crippen LogP contribution in [0.25, 0.3) is 0 Å². The van der Waals surface area contributed by atoms with Gasteiger partial charge in [-0.15, -0.1) is 0 Å². The molecular formula is C20H22ClNO2. The summed E-state index contributed by atoms with van der Waals surface area (Å²) in [5, 5.41) is 0.785. The summed E-state index contributed by atoms with van der Waals surface area (Å²) in [5.74, 6) is -0.266. The summed E-state index contributed by atoms with van der Waals surface area (Å²) in [6.45, 7) is 3.04. The van der Waals surface area contributed by atoms with Crippen LogP contribution < -0.4 is 0 Å². The van der Waals surface area contributed by atoms with E-state index in [4.69, 9.17) is 16.3 Å². The second kappa shape index (κ2) is 7.82. The first-order chi connectivity index (χ1) is 11.7. The summed E-state index contributed by atoms with van der Waals surface area (Å²) in [6, 6.07) is 14.0. The van der Waals surface area contributed by atoms with Crippen molar-refractivity contribution in [1.29, 1.82) is 0 Å². The van der Waals surface area contributed by atoms with Gasteiger partial charge in [0.25, 0.3) is 0 Å². The van der Waals surface area contributed by atoms with E-state index in [9.17, 15) is 4.79 Å². The van der Waals surface area contributed by atoms with Gasteiger partial charge >= 0.3 is 5.97 Å². The Morgan fingerprint density at radius 2 is 1.96 bits per heavy atom. The molecular weight excluding hydrogens is 322 g/mol. The SMILES string of the molecule is COC(=O)c1ccc2c(c1)CN(CCCc1ccc(Cl)cc1)CC2. The number of hydrogen-bond donors (Lipinski definition) is 0. The van der Waals surface area contributed by atoms with Crippen LogP contribution in [-0.4, -0.2) is 31.1 Å². The number of carbonyl (C=O) groups is 1. The van der Waals surface area contributed by atoms with Crippen molar-refractivity contribution in [3.8, 4) is 0 Å². The molecule has 2 aromatic carbocycles. The first kappa shape index (κ1) is 17.0. The molecule has 24 heavy (non-hydrogen) atoms. The minimum absolute atomic E-state index is 0.266. The lowest BCUT2D eigenvalue weighted by molar-refractivity contribution is 0.0600. The Hall–Kier alpha value is -1.84. The van der Waals surface area contributed by atoms with Gasteiger partial charge < -0.3 is 4.74 Å². The fourth-order valence-electron chi connectivity index (χ4n) is 3.21. The van der Waals surface area contributed by atoms with Gasteiger partial charge in [0.15, 0.2) is 0 Å². The summed E-state index contributed by atoms with van der Waals surface area (Å²) in [7, 11) is 1.42. The van der Waals surface area contributed by atoms with Gasteiger partial charge in [-0.2, -0.15) is 0 Å². The zero-order valence-electron chi connectivity index (χ0n) is 13.9. The van der Waals surface area contributed by atoms with E-state index in [-0.39, 0.29) is 5.97 Å². The van der Waals surface area contributed by atoms with Crippen LogP contribution in [0, 0.1) is 0 Å². The quantitative estimate of drug-likeness (QED) is 0.765. The maximum Gasteiger partial charge on any atom is 0.337 e. The van der Waals surface area contributed by atoms with Gasteiger partial charge in [-0.3, -0.25) is 4.90 Å². The maximum atomic E-state index is 11.7. The molecule has 1 aliphatic rings. The molecule has 0 spiro atoms. The van der Waals surface area contributed by atoms with Gasteiger partial charge in [0.05, 0.1) is 12.7 Å². The van der Waals surface area contributed by atoms with Gasteiger partial charge in [0.2, 0.25) is 0 Å². The van der Waals surface area contributed by atoms with Crippen molar-refractivity contribution >= 4 is 17.6 Å². The van der Waals surface area contributed by atoms with E-state index >= 15 is 0 Å². The molecule has 0 saturated carbocycles. The molecule has 0 radical (unpaired) electrons. The topological polar surface area (TPSA) is 29.5 Å². The third kappa shape index (κ3) is 4.16. The predicted molar refractivity (Wildman–Crippen MR) is 96.5 cm³/mol. The summed E-state index contributed by atoms with van der Waals surface area (Å²) < 4.78 is 4.81. The van der Waals surface area contributed by atoms with Crippen LogP contribution in [0.2, 0.25) is 5.02 Å². The van der Waals surface area contributed by atoms with Crippen LogP contribution in [0.5, 0.6) is 0 Å². The molecule has 0 aliphatic carbocycles. The molecule has 0 saturated heterocycles. The number of fused-ring (bicyclic) bond motifs is 1. The van der Waals surface area contributed by atoms with Crippen molar-refractivity contribution in [3.05, 3.63) is 69.7 Å². The van der Waals surface area contributed by atoms with Crippen LogP contribution in [-0.2, 0) is 24.1 Å². The van der Waals surface area contributed by atoms with E-state index in [1.807, 2.05) is 24.3 Å². The lowest BCUT2D eigenvalue weighted by atomic mass is 9.97. The molecule has 126 valence electrons. The average Bonchev–Trinajstić information content (AvgIpc) is 2.62. The van der Waals surface area contributed by atoms with Crippen LogP contribution >= 0.6 is 11.6 Å². The number of benzene rings is 2. The number of methoxy groups -OCH3 is 1. The summed E-state index contributed by atoms with van der Waals surface area (Å²) in [4.78, 5) is 14.1. The highest BCUT2D eigenvalue weighted by Gasteiger charge is 2.17. The van der Waals surface area contributed by atoms with Gasteiger partial charge in [-0.05, 0) is 66.8 Å². The lowest BCUT2D eigenvalue weighted by Crippen LogP contribution is -2.31. The van der Waals surface area contributed by atoms with Gasteiger partial charge in [-0.25, -0.2) is 4.79 Å². The second-order valence-corrected chi connectivity index (χ2v) is 6.67. The molecule has 0 N–H and O–H groups in total. The smallest absolute Gasteiger partial charge is 0.337 e. The minimum atomic E-state index is -0.266.